The number of fused-ring (bicyclic) bond motifs is 1. The number of hydrogen-bond acceptors (Lipinski definition) is 1. The molecule has 0 aliphatic carbocycles. The highest BCUT2D eigenvalue weighted by atomic mass is 16.5. The molecule has 0 saturated heterocycles. The molecule has 0 aliphatic rings. The van der Waals surface area contributed by atoms with Crippen LogP contribution in [0.25, 0.3) is 21.9 Å². The molecule has 1 heteroatoms. The summed E-state index contributed by atoms with van der Waals surface area (Å²) >= 11 is 0. The van der Waals surface area contributed by atoms with Gasteiger partial charge in [-0.25, -0.2) is 0 Å². The van der Waals surface area contributed by atoms with Gasteiger partial charge in [-0.2, -0.15) is 0 Å². The third kappa shape index (κ3) is 2.02. The zero-order chi connectivity index (χ0) is 13.9. The summed E-state index contributed by atoms with van der Waals surface area (Å²) in [6, 6.07) is 20.4. The molecule has 0 radical (unpaired) electrons. The standard InChI is InChI=1S/C19H14O/c1-3-14-11-12-16(20-2)13-19(14)18-10-6-8-15-7-4-5-9-17(15)18/h1,4-13H,2H3. The van der Waals surface area contributed by atoms with Gasteiger partial charge in [-0.15, -0.1) is 6.42 Å². The molecular weight excluding hydrogens is 244 g/mol. The SMILES string of the molecule is C#Cc1ccc(OC)cc1-c1cccc2ccccc12. The van der Waals surface area contributed by atoms with Crippen LogP contribution in [-0.4, -0.2) is 7.11 Å². The fraction of sp³-hybridized carbons (Fsp3) is 0.0526. The summed E-state index contributed by atoms with van der Waals surface area (Å²) in [5, 5.41) is 2.40. The molecule has 0 unspecified atom stereocenters. The van der Waals surface area contributed by atoms with E-state index in [0.717, 1.165) is 22.4 Å². The van der Waals surface area contributed by atoms with Gasteiger partial charge in [0.25, 0.3) is 0 Å². The maximum absolute atomic E-state index is 5.63. The fourth-order valence-corrected chi connectivity index (χ4v) is 2.46. The summed E-state index contributed by atoms with van der Waals surface area (Å²) in [5.74, 6) is 3.57. The molecule has 0 saturated carbocycles. The topological polar surface area (TPSA) is 9.23 Å². The largest absolute Gasteiger partial charge is 0.497 e. The van der Waals surface area contributed by atoms with Gasteiger partial charge in [0, 0.05) is 11.1 Å². The molecule has 3 aromatic carbocycles. The molecule has 1 nitrogen and oxygen atoms in total. The molecule has 0 spiro atoms. The van der Waals surface area contributed by atoms with Crippen molar-refractivity contribution in [1.82, 2.24) is 0 Å². The van der Waals surface area contributed by atoms with Gasteiger partial charge in [-0.1, -0.05) is 48.4 Å². The summed E-state index contributed by atoms with van der Waals surface area (Å²) in [7, 11) is 1.66. The third-order valence-corrected chi connectivity index (χ3v) is 3.46. The Morgan fingerprint density at radius 2 is 1.70 bits per heavy atom. The molecule has 0 fully saturated rings. The van der Waals surface area contributed by atoms with E-state index < -0.39 is 0 Å². The zero-order valence-electron chi connectivity index (χ0n) is 11.3. The van der Waals surface area contributed by atoms with E-state index in [1.54, 1.807) is 7.11 Å². The van der Waals surface area contributed by atoms with Crippen LogP contribution in [0.4, 0.5) is 0 Å². The average molecular weight is 258 g/mol. The highest BCUT2D eigenvalue weighted by Gasteiger charge is 2.08. The molecule has 3 rings (SSSR count). The van der Waals surface area contributed by atoms with E-state index in [9.17, 15) is 0 Å². The molecular formula is C19H14O. The van der Waals surface area contributed by atoms with E-state index in [-0.39, 0.29) is 0 Å². The van der Waals surface area contributed by atoms with Crippen molar-refractivity contribution in [3.63, 3.8) is 0 Å². The van der Waals surface area contributed by atoms with Crippen molar-refractivity contribution in [3.05, 3.63) is 66.2 Å². The quantitative estimate of drug-likeness (QED) is 0.615. The van der Waals surface area contributed by atoms with Crippen molar-refractivity contribution in [2.24, 2.45) is 0 Å². The van der Waals surface area contributed by atoms with Crippen LogP contribution in [-0.2, 0) is 0 Å². The van der Waals surface area contributed by atoms with Crippen LogP contribution in [0, 0.1) is 12.3 Å². The van der Waals surface area contributed by atoms with Crippen LogP contribution >= 0.6 is 0 Å². The van der Waals surface area contributed by atoms with Crippen molar-refractivity contribution in [2.45, 2.75) is 0 Å². The molecule has 0 amide bonds. The van der Waals surface area contributed by atoms with Gasteiger partial charge in [-0.3, -0.25) is 0 Å². The first kappa shape index (κ1) is 12.3. The Hall–Kier alpha value is -2.72. The zero-order valence-corrected chi connectivity index (χ0v) is 11.3. The van der Waals surface area contributed by atoms with Crippen LogP contribution < -0.4 is 4.74 Å². The molecule has 0 atom stereocenters. The first-order chi connectivity index (χ1) is 9.83. The lowest BCUT2D eigenvalue weighted by Crippen LogP contribution is -1.89. The molecule has 0 aliphatic heterocycles. The lowest BCUT2D eigenvalue weighted by Gasteiger charge is -2.11. The first-order valence-electron chi connectivity index (χ1n) is 6.46. The van der Waals surface area contributed by atoms with Gasteiger partial charge < -0.3 is 4.74 Å². The summed E-state index contributed by atoms with van der Waals surface area (Å²) in [4.78, 5) is 0. The summed E-state index contributed by atoms with van der Waals surface area (Å²) < 4.78 is 5.32. The van der Waals surface area contributed by atoms with E-state index in [0.29, 0.717) is 0 Å². The Balaban J connectivity index is 2.33. The second-order valence-electron chi connectivity index (χ2n) is 4.58. The average Bonchev–Trinajstić information content (AvgIpc) is 2.53. The lowest BCUT2D eigenvalue weighted by atomic mass is 9.94. The van der Waals surface area contributed by atoms with Crippen LogP contribution in [0.2, 0.25) is 0 Å². The molecule has 0 bridgehead atoms. The Bertz CT molecular complexity index is 804. The third-order valence-electron chi connectivity index (χ3n) is 3.46. The molecule has 0 heterocycles. The van der Waals surface area contributed by atoms with Gasteiger partial charge >= 0.3 is 0 Å². The van der Waals surface area contributed by atoms with E-state index >= 15 is 0 Å². The Kier molecular flexibility index (Phi) is 3.15. The van der Waals surface area contributed by atoms with Crippen molar-refractivity contribution in [3.8, 4) is 29.2 Å². The van der Waals surface area contributed by atoms with Gasteiger partial charge in [0.05, 0.1) is 7.11 Å². The molecule has 20 heavy (non-hydrogen) atoms. The number of hydrogen-bond donors (Lipinski definition) is 0. The molecule has 0 aromatic heterocycles. The summed E-state index contributed by atoms with van der Waals surface area (Å²) in [6.45, 7) is 0. The van der Waals surface area contributed by atoms with Gasteiger partial charge in [-0.05, 0) is 34.5 Å². The number of rotatable bonds is 2. The Morgan fingerprint density at radius 1 is 0.900 bits per heavy atom. The fourth-order valence-electron chi connectivity index (χ4n) is 2.46. The minimum absolute atomic E-state index is 0.812. The number of ether oxygens (including phenoxy) is 1. The van der Waals surface area contributed by atoms with Crippen LogP contribution in [0.5, 0.6) is 5.75 Å². The predicted molar refractivity (Wildman–Crippen MR) is 83.9 cm³/mol. The maximum atomic E-state index is 5.63. The highest BCUT2D eigenvalue weighted by Crippen LogP contribution is 2.33. The first-order valence-corrected chi connectivity index (χ1v) is 6.46. The van der Waals surface area contributed by atoms with Crippen molar-refractivity contribution in [2.75, 3.05) is 7.11 Å². The number of methoxy groups -OCH3 is 1. The maximum Gasteiger partial charge on any atom is 0.119 e. The molecule has 96 valence electrons. The minimum Gasteiger partial charge on any atom is -0.497 e. The summed E-state index contributed by atoms with van der Waals surface area (Å²) in [6.07, 6.45) is 5.63. The van der Waals surface area contributed by atoms with Crippen LogP contribution in [0.1, 0.15) is 5.56 Å². The van der Waals surface area contributed by atoms with E-state index in [1.165, 1.54) is 10.8 Å². The second kappa shape index (κ2) is 5.11. The van der Waals surface area contributed by atoms with E-state index in [4.69, 9.17) is 11.2 Å². The second-order valence-corrected chi connectivity index (χ2v) is 4.58. The Labute approximate surface area is 118 Å². The monoisotopic (exact) mass is 258 g/mol. The minimum atomic E-state index is 0.812. The predicted octanol–water partition coefficient (Wildman–Crippen LogP) is 4.50. The molecule has 0 N–H and O–H groups in total. The van der Waals surface area contributed by atoms with Crippen LogP contribution in [0.15, 0.2) is 60.7 Å². The summed E-state index contributed by atoms with van der Waals surface area (Å²) in [5.41, 5.74) is 3.04. The molecule has 3 aromatic rings. The number of terminal acetylenes is 1. The lowest BCUT2D eigenvalue weighted by molar-refractivity contribution is 0.415. The van der Waals surface area contributed by atoms with Crippen LogP contribution in [0.3, 0.4) is 0 Å². The van der Waals surface area contributed by atoms with Crippen molar-refractivity contribution < 1.29 is 4.74 Å². The van der Waals surface area contributed by atoms with E-state index in [1.807, 2.05) is 30.3 Å². The number of benzene rings is 3. The normalized spacial score (nSPS) is 10.2. The van der Waals surface area contributed by atoms with Gasteiger partial charge in [0.15, 0.2) is 0 Å². The highest BCUT2D eigenvalue weighted by molar-refractivity contribution is 5.98. The van der Waals surface area contributed by atoms with E-state index in [2.05, 4.69) is 36.3 Å². The van der Waals surface area contributed by atoms with Gasteiger partial charge in [0.1, 0.15) is 5.75 Å². The van der Waals surface area contributed by atoms with Crippen molar-refractivity contribution in [1.29, 1.82) is 0 Å². The Morgan fingerprint density at radius 3 is 2.50 bits per heavy atom. The van der Waals surface area contributed by atoms with Crippen molar-refractivity contribution >= 4 is 10.8 Å². The smallest absolute Gasteiger partial charge is 0.119 e. The van der Waals surface area contributed by atoms with Gasteiger partial charge in [0.2, 0.25) is 0 Å².